The third kappa shape index (κ3) is 5.50. The molecule has 1 aromatic rings. The Hall–Kier alpha value is -1.97. The van der Waals surface area contributed by atoms with E-state index in [0.717, 1.165) is 0 Å². The number of alkyl halides is 6. The fourth-order valence-corrected chi connectivity index (χ4v) is 3.63. The van der Waals surface area contributed by atoms with Crippen LogP contribution in [0.4, 0.5) is 26.3 Å². The molecular weight excluding hydrogens is 378 g/mol. The van der Waals surface area contributed by atoms with Crippen LogP contribution < -0.4 is 10.1 Å². The van der Waals surface area contributed by atoms with Gasteiger partial charge in [-0.3, -0.25) is 4.79 Å². The number of carbonyl (C=O) groups is 1. The van der Waals surface area contributed by atoms with Crippen LogP contribution in [0, 0.1) is 17.8 Å². The summed E-state index contributed by atoms with van der Waals surface area (Å²) >= 11 is 0. The molecule has 150 valence electrons. The number of hydrogen-bond acceptors (Lipinski definition) is 3. The van der Waals surface area contributed by atoms with Crippen molar-refractivity contribution >= 4 is 5.91 Å². The van der Waals surface area contributed by atoms with Crippen LogP contribution >= 0.6 is 0 Å². The predicted octanol–water partition coefficient (Wildman–Crippen LogP) is 3.33. The maximum atomic E-state index is 12.2. The fraction of sp³-hybridized carbons (Fsp3) is 0.588. The van der Waals surface area contributed by atoms with Crippen LogP contribution in [0.5, 0.6) is 5.75 Å². The first-order valence-electron chi connectivity index (χ1n) is 8.43. The minimum atomic E-state index is -4.79. The van der Waals surface area contributed by atoms with Crippen molar-refractivity contribution in [3.8, 4) is 5.75 Å². The lowest BCUT2D eigenvalue weighted by Crippen LogP contribution is -2.33. The molecule has 1 N–H and O–H groups in total. The van der Waals surface area contributed by atoms with Gasteiger partial charge in [0.1, 0.15) is 5.75 Å². The Labute approximate surface area is 151 Å². The average Bonchev–Trinajstić information content (AvgIpc) is 3.04. The van der Waals surface area contributed by atoms with E-state index in [1.54, 1.807) is 11.0 Å². The molecule has 27 heavy (non-hydrogen) atoms. The highest BCUT2D eigenvalue weighted by Crippen LogP contribution is 2.51. The zero-order valence-electron chi connectivity index (χ0n) is 14.1. The van der Waals surface area contributed by atoms with E-state index in [4.69, 9.17) is 0 Å². The molecule has 1 aliphatic carbocycles. The molecule has 10 heteroatoms. The number of amides is 1. The number of carbonyl (C=O) groups excluding carboxylic acids is 1. The Kier molecular flexibility index (Phi) is 5.29. The van der Waals surface area contributed by atoms with Gasteiger partial charge in [0.2, 0.25) is 5.91 Å². The molecule has 2 fully saturated rings. The minimum Gasteiger partial charge on any atom is -0.406 e. The number of fused-ring (bicyclic) bond motifs is 1. The third-order valence-corrected chi connectivity index (χ3v) is 4.88. The molecule has 1 amide bonds. The zero-order valence-corrected chi connectivity index (χ0v) is 14.1. The zero-order chi connectivity index (χ0) is 19.8. The van der Waals surface area contributed by atoms with Gasteiger partial charge in [0.25, 0.3) is 0 Å². The van der Waals surface area contributed by atoms with Crippen LogP contribution in [-0.2, 0) is 11.3 Å². The Balaban J connectivity index is 1.43. The number of ether oxygens (including phenoxy) is 1. The first-order valence-corrected chi connectivity index (χ1v) is 8.43. The Morgan fingerprint density at radius 2 is 1.81 bits per heavy atom. The van der Waals surface area contributed by atoms with Gasteiger partial charge in [-0.1, -0.05) is 12.1 Å². The number of nitrogens with zero attached hydrogens (tertiary/aromatic N) is 1. The topological polar surface area (TPSA) is 41.6 Å². The summed E-state index contributed by atoms with van der Waals surface area (Å²) in [5.41, 5.74) is 0.461. The molecule has 0 spiro atoms. The number of nitrogens with one attached hydrogen (secondary N) is 1. The largest absolute Gasteiger partial charge is 0.573 e. The van der Waals surface area contributed by atoms with Crippen LogP contribution in [0.25, 0.3) is 0 Å². The molecule has 0 aromatic heterocycles. The van der Waals surface area contributed by atoms with Gasteiger partial charge in [0.15, 0.2) is 0 Å². The van der Waals surface area contributed by atoms with Crippen LogP contribution in [-0.4, -0.2) is 43.0 Å². The SMILES string of the molecule is O=C(NCc1cccc(OC(F)(F)F)c1)C1C2CN(CCC(F)(F)F)CC21. The molecule has 0 bridgehead atoms. The van der Waals surface area contributed by atoms with Crippen LogP contribution in [0.3, 0.4) is 0 Å². The van der Waals surface area contributed by atoms with Crippen molar-refractivity contribution in [2.45, 2.75) is 25.5 Å². The predicted molar refractivity (Wildman–Crippen MR) is 82.6 cm³/mol. The van der Waals surface area contributed by atoms with Gasteiger partial charge >= 0.3 is 12.5 Å². The van der Waals surface area contributed by atoms with E-state index in [1.807, 2.05) is 0 Å². The standard InChI is InChI=1S/C17H18F6N2O2/c18-16(19,20)4-5-25-8-12-13(9-25)14(12)15(26)24-7-10-2-1-3-11(6-10)27-17(21,22)23/h1-3,6,12-14H,4-5,7-9H2,(H,24,26). The second kappa shape index (κ2) is 7.21. The first-order chi connectivity index (χ1) is 12.5. The van der Waals surface area contributed by atoms with Gasteiger partial charge in [-0.15, -0.1) is 13.2 Å². The lowest BCUT2D eigenvalue weighted by molar-refractivity contribution is -0.274. The normalized spacial score (nSPS) is 25.2. The molecule has 1 saturated carbocycles. The van der Waals surface area contributed by atoms with E-state index in [1.165, 1.54) is 18.2 Å². The third-order valence-electron chi connectivity index (χ3n) is 4.88. The number of halogens is 6. The highest BCUT2D eigenvalue weighted by Gasteiger charge is 2.59. The van der Waals surface area contributed by atoms with E-state index < -0.39 is 19.0 Å². The molecule has 2 aliphatic rings. The summed E-state index contributed by atoms with van der Waals surface area (Å²) in [5.74, 6) is -0.710. The van der Waals surface area contributed by atoms with Crippen LogP contribution in [0.2, 0.25) is 0 Å². The second-order valence-corrected chi connectivity index (χ2v) is 6.89. The lowest BCUT2D eigenvalue weighted by atomic mass is 10.2. The number of piperidine rings is 1. The van der Waals surface area contributed by atoms with Gasteiger partial charge in [-0.2, -0.15) is 13.2 Å². The molecule has 4 nitrogen and oxygen atoms in total. The summed E-state index contributed by atoms with van der Waals surface area (Å²) in [6, 6.07) is 5.32. The van der Waals surface area contributed by atoms with Crippen molar-refractivity contribution in [1.29, 1.82) is 0 Å². The van der Waals surface area contributed by atoms with E-state index >= 15 is 0 Å². The number of hydrogen-bond donors (Lipinski definition) is 1. The van der Waals surface area contributed by atoms with Crippen LogP contribution in [0.1, 0.15) is 12.0 Å². The Bertz CT molecular complexity index is 679. The van der Waals surface area contributed by atoms with Gasteiger partial charge in [-0.25, -0.2) is 0 Å². The molecule has 3 rings (SSSR count). The average molecular weight is 396 g/mol. The molecular formula is C17H18F6N2O2. The fourth-order valence-electron chi connectivity index (χ4n) is 3.63. The van der Waals surface area contributed by atoms with Gasteiger partial charge in [0.05, 0.1) is 6.42 Å². The van der Waals surface area contributed by atoms with Crippen molar-refractivity contribution in [2.24, 2.45) is 17.8 Å². The molecule has 1 aromatic carbocycles. The smallest absolute Gasteiger partial charge is 0.406 e. The van der Waals surface area contributed by atoms with E-state index in [0.29, 0.717) is 18.7 Å². The Morgan fingerprint density at radius 3 is 2.41 bits per heavy atom. The van der Waals surface area contributed by atoms with Crippen molar-refractivity contribution in [2.75, 3.05) is 19.6 Å². The minimum absolute atomic E-state index is 0.0538. The monoisotopic (exact) mass is 396 g/mol. The summed E-state index contributed by atoms with van der Waals surface area (Å²) < 4.78 is 77.2. The summed E-state index contributed by atoms with van der Waals surface area (Å²) in [6.45, 7) is 0.930. The van der Waals surface area contributed by atoms with Crippen molar-refractivity contribution in [3.63, 3.8) is 0 Å². The maximum Gasteiger partial charge on any atom is 0.573 e. The Morgan fingerprint density at radius 1 is 1.15 bits per heavy atom. The van der Waals surface area contributed by atoms with Crippen molar-refractivity contribution in [1.82, 2.24) is 10.2 Å². The van der Waals surface area contributed by atoms with Gasteiger partial charge in [0, 0.05) is 32.1 Å². The molecule has 1 aliphatic heterocycles. The molecule has 1 heterocycles. The molecule has 0 radical (unpaired) electrons. The van der Waals surface area contributed by atoms with Crippen molar-refractivity contribution < 1.29 is 35.9 Å². The quantitative estimate of drug-likeness (QED) is 0.750. The molecule has 1 saturated heterocycles. The second-order valence-electron chi connectivity index (χ2n) is 6.89. The number of rotatable bonds is 6. The van der Waals surface area contributed by atoms with E-state index in [2.05, 4.69) is 10.1 Å². The number of benzene rings is 1. The number of likely N-dealkylation sites (tertiary alicyclic amines) is 1. The van der Waals surface area contributed by atoms with E-state index in [9.17, 15) is 31.1 Å². The van der Waals surface area contributed by atoms with Gasteiger partial charge in [-0.05, 0) is 29.5 Å². The summed E-state index contributed by atoms with van der Waals surface area (Å²) in [4.78, 5) is 13.9. The van der Waals surface area contributed by atoms with Crippen molar-refractivity contribution in [3.05, 3.63) is 29.8 Å². The summed E-state index contributed by atoms with van der Waals surface area (Å²) in [5, 5.41) is 2.68. The molecule has 2 unspecified atom stereocenters. The maximum absolute atomic E-state index is 12.2. The van der Waals surface area contributed by atoms with E-state index in [-0.39, 0.29) is 42.5 Å². The highest BCUT2D eigenvalue weighted by molar-refractivity contribution is 5.82. The van der Waals surface area contributed by atoms with Crippen LogP contribution in [0.15, 0.2) is 24.3 Å². The first kappa shape index (κ1) is 19.8. The van der Waals surface area contributed by atoms with Gasteiger partial charge < -0.3 is 15.0 Å². The summed E-state index contributed by atoms with van der Waals surface area (Å²) in [7, 11) is 0. The highest BCUT2D eigenvalue weighted by atomic mass is 19.4. The summed E-state index contributed by atoms with van der Waals surface area (Å²) in [6.07, 6.45) is -9.83. The molecule has 2 atom stereocenters. The lowest BCUT2D eigenvalue weighted by Gasteiger charge is -2.20.